The van der Waals surface area contributed by atoms with Crippen molar-refractivity contribution in [1.82, 2.24) is 25.5 Å². The molecule has 510 valence electrons. The summed E-state index contributed by atoms with van der Waals surface area (Å²) >= 11 is 5.32. The van der Waals surface area contributed by atoms with Crippen molar-refractivity contribution in [3.8, 4) is 34.3 Å². The predicted molar refractivity (Wildman–Crippen MR) is 350 cm³/mol. The molecule has 3 aromatic rings. The second-order valence-electron chi connectivity index (χ2n) is 20.5. The Bertz CT molecular complexity index is 3760. The number of nitrogens with two attached hydrogens (primary N) is 2. The van der Waals surface area contributed by atoms with Crippen LogP contribution in [-0.4, -0.2) is 159 Å². The van der Waals surface area contributed by atoms with Crippen LogP contribution in [0.25, 0.3) is 39.1 Å². The number of hydrogen-bond acceptors (Lipinski definition) is 26. The quantitative estimate of drug-likeness (QED) is 0.00378. The number of phosphoric ester groups is 1. The molecular weight excluding hydrogens is 1360 g/mol. The highest BCUT2D eigenvalue weighted by molar-refractivity contribution is 8.77. The predicted octanol–water partition coefficient (Wildman–Crippen LogP) is 6.58. The van der Waals surface area contributed by atoms with Crippen molar-refractivity contribution in [2.75, 3.05) is 102 Å². The number of ether oxygens (including phenoxy) is 7. The van der Waals surface area contributed by atoms with Gasteiger partial charge >= 0.3 is 47.3 Å². The number of rotatable bonds is 38. The number of fused-ring (bicyclic) bond motifs is 2. The van der Waals surface area contributed by atoms with Gasteiger partial charge in [0, 0.05) is 77.1 Å². The normalized spacial score (nSPS) is 16.6. The fourth-order valence-corrected chi connectivity index (χ4v) is 14.4. The van der Waals surface area contributed by atoms with Gasteiger partial charge in [-0.05, 0) is 97.6 Å². The van der Waals surface area contributed by atoms with E-state index < -0.39 is 81.8 Å². The number of amides is 2. The van der Waals surface area contributed by atoms with Crippen molar-refractivity contribution < 1.29 is 103 Å². The van der Waals surface area contributed by atoms with Crippen LogP contribution in [0.5, 0.6) is 0 Å². The summed E-state index contributed by atoms with van der Waals surface area (Å²) in [6.45, 7) is 11.5. The van der Waals surface area contributed by atoms with Gasteiger partial charge in [0.15, 0.2) is 0 Å². The topological polar surface area (TPSA) is 456 Å². The Morgan fingerprint density at radius 3 is 2.32 bits per heavy atom. The molecule has 1 aliphatic carbocycles. The molecule has 0 bridgehead atoms. The van der Waals surface area contributed by atoms with Gasteiger partial charge in [-0.2, -0.15) is 13.6 Å². The molecule has 3 unspecified atom stereocenters. The molecule has 6 rings (SSSR count). The maximum absolute atomic E-state index is 13.0. The molecule has 2 aromatic carbocycles. The third kappa shape index (κ3) is 25.7. The molecule has 2 amide bonds. The molecule has 1 aromatic heterocycles. The molecule has 0 spiro atoms. The van der Waals surface area contributed by atoms with Crippen molar-refractivity contribution in [3.05, 3.63) is 99.9 Å². The van der Waals surface area contributed by atoms with Gasteiger partial charge in [0.1, 0.15) is 35.4 Å². The molecule has 1 saturated heterocycles. The summed E-state index contributed by atoms with van der Waals surface area (Å²) in [5, 5.41) is 27.6. The zero-order valence-corrected chi connectivity index (χ0v) is 56.5. The molecule has 1 fully saturated rings. The number of carboxylic acids is 1. The number of nitrogen functional groups attached to an aromatic ring is 2. The number of carbonyl (C=O) groups is 3. The molecule has 13 N–H and O–H groups in total. The second-order valence-corrected chi connectivity index (χ2v) is 30.9. The van der Waals surface area contributed by atoms with Crippen LogP contribution >= 0.6 is 45.1 Å². The molecule has 38 heteroatoms. The average molecular weight is 1440 g/mol. The lowest BCUT2D eigenvalue weighted by molar-refractivity contribution is -0.0544. The van der Waals surface area contributed by atoms with E-state index in [9.17, 15) is 47.8 Å². The largest absolute Gasteiger partial charge is 0.490 e. The molecule has 93 heavy (non-hydrogen) atoms. The van der Waals surface area contributed by atoms with Crippen molar-refractivity contribution >= 4 is 112 Å². The lowest BCUT2D eigenvalue weighted by Gasteiger charge is -2.22. The molecular formula is C55H73N8O23P3S4. The van der Waals surface area contributed by atoms with Crippen LogP contribution in [0, 0.1) is 17.3 Å². The van der Waals surface area contributed by atoms with Gasteiger partial charge in [0.25, 0.3) is 0 Å². The molecule has 0 radical (unpaired) electrons. The van der Waals surface area contributed by atoms with E-state index in [4.69, 9.17) is 80.0 Å². The first-order valence-corrected chi connectivity index (χ1v) is 37.6. The van der Waals surface area contributed by atoms with Crippen LogP contribution in [0.2, 0.25) is 0 Å². The van der Waals surface area contributed by atoms with Gasteiger partial charge in [-0.1, -0.05) is 62.5 Å². The van der Waals surface area contributed by atoms with E-state index in [-0.39, 0.29) is 78.9 Å². The highest BCUT2D eigenvalue weighted by Crippen LogP contribution is 2.66. The SMILES string of the molecule is C=C(NCCOCCOCCNC(=O)OCCC(C)(C)SSCOCCCCOC(=O)NCC#Cc1cn([C@H]2C[C@@H](OCS(=S)CC)[C@@H](COP(=O)(O)OP(=O)(O)OP(=O)(O)O)O2)c(=O)nc1N)c1ccc(C(=O)O)c(-c2c3ccc(=N)cc-3oc3cc(N)ccc23)c1. The van der Waals surface area contributed by atoms with Crippen molar-refractivity contribution in [2.45, 2.75) is 69.6 Å². The summed E-state index contributed by atoms with van der Waals surface area (Å²) in [6, 6.07) is 15.1. The number of benzene rings is 3. The van der Waals surface area contributed by atoms with Gasteiger partial charge in [0.05, 0.1) is 81.3 Å². The van der Waals surface area contributed by atoms with Crippen LogP contribution in [-0.2, 0) is 80.6 Å². The van der Waals surface area contributed by atoms with Crippen LogP contribution in [0.4, 0.5) is 21.1 Å². The number of nitrogens with one attached hydrogen (secondary N) is 4. The summed E-state index contributed by atoms with van der Waals surface area (Å²) in [4.78, 5) is 90.9. The summed E-state index contributed by atoms with van der Waals surface area (Å²) in [6.07, 6.45) is -1.75. The molecule has 3 heterocycles. The summed E-state index contributed by atoms with van der Waals surface area (Å²) in [7, 11) is -14.5. The Balaban J connectivity index is 0.779. The molecule has 0 saturated carbocycles. The number of carboxylic acid groups (broad SMARTS) is 1. The highest BCUT2D eigenvalue weighted by atomic mass is 33.1. The smallest absolute Gasteiger partial charge is 0.478 e. The van der Waals surface area contributed by atoms with Gasteiger partial charge in [-0.25, -0.2) is 32.9 Å². The first-order valence-electron chi connectivity index (χ1n) is 28.3. The number of nitrogens with zero attached hydrogens (tertiary/aromatic N) is 2. The standard InChI is InChI=1S/C55H73N8O23P3S4/c1-5-93(90)34-81-46-30-48(84-47(46)32-82-88(72,73)86-89(74,75)85-87(69,70)71)63-31-37(50(58)62-52(63)66)9-8-17-60-53(67)79-21-7-6-20-78-33-91-92-55(3,4)16-22-80-54(68)61-19-24-77-26-25-76-23-18-59-35(2)36-10-13-40(51(64)65)43(27-36)49-41-14-11-38(56)28-44(41)83-45-29-39(57)12-15-42(45)49/h10-15,27-29,31,46-48,56,59H,2,5-7,16-26,30,32-34,57H2,1,3-4H3,(H,60,67)(H,61,68)(H,64,65)(H,72,73)(H,74,75)(H2,58,62,66)(H2,69,70,71)/t46-,47-,48-,93?/m1/s1. The van der Waals surface area contributed by atoms with Gasteiger partial charge in [0.2, 0.25) is 0 Å². The number of phosphoric acid groups is 3. The lowest BCUT2D eigenvalue weighted by Crippen LogP contribution is -2.30. The van der Waals surface area contributed by atoms with E-state index in [0.29, 0.717) is 108 Å². The fraction of sp³-hybridized carbons (Fsp3) is 0.455. The van der Waals surface area contributed by atoms with Crippen molar-refractivity contribution in [3.63, 3.8) is 0 Å². The van der Waals surface area contributed by atoms with Crippen LogP contribution < -0.4 is 38.5 Å². The number of carbonyl (C=O) groups excluding carboxylic acids is 2. The van der Waals surface area contributed by atoms with Crippen LogP contribution in [0.3, 0.4) is 0 Å². The number of unbranched alkanes of at least 4 members (excludes halogenated alkanes) is 1. The molecule has 3 aliphatic rings. The van der Waals surface area contributed by atoms with Gasteiger partial charge < -0.3 is 95.1 Å². The minimum absolute atomic E-state index is 0.0451. The summed E-state index contributed by atoms with van der Waals surface area (Å²) in [5.41, 5.74) is 15.1. The maximum Gasteiger partial charge on any atom is 0.490 e. The van der Waals surface area contributed by atoms with Crippen molar-refractivity contribution in [1.29, 1.82) is 5.41 Å². The molecule has 2 aliphatic heterocycles. The first-order chi connectivity index (χ1) is 44.0. The number of anilines is 2. The highest BCUT2D eigenvalue weighted by Gasteiger charge is 2.44. The third-order valence-electron chi connectivity index (χ3n) is 12.9. The fourth-order valence-electron chi connectivity index (χ4n) is 8.48. The number of hydrogen-bond donors (Lipinski definition) is 11. The minimum Gasteiger partial charge on any atom is -0.478 e. The van der Waals surface area contributed by atoms with E-state index in [1.807, 2.05) is 20.8 Å². The zero-order valence-electron chi connectivity index (χ0n) is 50.5. The van der Waals surface area contributed by atoms with Crippen LogP contribution in [0.1, 0.15) is 74.2 Å². The monoisotopic (exact) mass is 1430 g/mol. The van der Waals surface area contributed by atoms with Crippen molar-refractivity contribution in [2.24, 2.45) is 0 Å². The van der Waals surface area contributed by atoms with Crippen LogP contribution in [0.15, 0.2) is 76.6 Å². The number of aromatic carboxylic acids is 1. The summed E-state index contributed by atoms with van der Waals surface area (Å²) in [5.74, 6) is 5.48. The third-order valence-corrected chi connectivity index (χ3v) is 21.8. The first kappa shape index (κ1) is 76.2. The zero-order chi connectivity index (χ0) is 67.9. The average Bonchev–Trinajstić information content (AvgIpc) is 1.06. The van der Waals surface area contributed by atoms with E-state index >= 15 is 0 Å². The molecule has 31 nitrogen and oxygen atoms in total. The lowest BCUT2D eigenvalue weighted by atomic mass is 9.89. The number of aromatic nitrogens is 2. The van der Waals surface area contributed by atoms with E-state index in [0.717, 1.165) is 4.57 Å². The maximum atomic E-state index is 13.0. The summed E-state index contributed by atoms with van der Waals surface area (Å²) < 4.78 is 93.7. The Hall–Kier alpha value is -5.80. The van der Waals surface area contributed by atoms with Gasteiger partial charge in [-0.3, -0.25) is 9.09 Å². The second kappa shape index (κ2) is 36.4. The number of alkyl carbamates (subject to hydrolysis) is 2. The Morgan fingerprint density at radius 1 is 0.892 bits per heavy atom. The Morgan fingerprint density at radius 2 is 1.60 bits per heavy atom. The molecule has 6 atom stereocenters. The Kier molecular flexibility index (Phi) is 29.8. The van der Waals surface area contributed by atoms with E-state index in [1.54, 1.807) is 59.3 Å². The Labute approximate surface area is 548 Å². The minimum atomic E-state index is -5.79. The van der Waals surface area contributed by atoms with E-state index in [2.05, 4.69) is 48.0 Å². The van der Waals surface area contributed by atoms with E-state index in [1.165, 1.54) is 23.1 Å². The van der Waals surface area contributed by atoms with Gasteiger partial charge in [-0.15, -0.1) is 0 Å².